The summed E-state index contributed by atoms with van der Waals surface area (Å²) < 4.78 is 26.1. The Hall–Kier alpha value is -2.93. The Morgan fingerprint density at radius 1 is 0.867 bits per heavy atom. The van der Waals surface area contributed by atoms with Gasteiger partial charge in [0.05, 0.1) is 17.1 Å². The molecule has 1 aromatic heterocycles. The van der Waals surface area contributed by atoms with E-state index in [1.807, 2.05) is 44.2 Å². The topological polar surface area (TPSA) is 78.0 Å². The molecule has 4 aromatic rings. The number of rotatable bonds is 4. The van der Waals surface area contributed by atoms with Crippen molar-refractivity contribution in [1.29, 1.82) is 0 Å². The molecule has 152 valence electrons. The maximum Gasteiger partial charge on any atom is 0.240 e. The highest BCUT2D eigenvalue weighted by atomic mass is 35.5. The highest BCUT2D eigenvalue weighted by Crippen LogP contribution is 2.32. The first kappa shape index (κ1) is 20.3. The summed E-state index contributed by atoms with van der Waals surface area (Å²) in [6, 6.07) is 22.0. The number of nitrogens with zero attached hydrogens (tertiary/aromatic N) is 2. The predicted molar refractivity (Wildman–Crippen MR) is 120 cm³/mol. The number of aromatic nitrogens is 2. The van der Waals surface area contributed by atoms with Crippen molar-refractivity contribution >= 4 is 21.6 Å². The highest BCUT2D eigenvalue weighted by Gasteiger charge is 2.20. The number of para-hydroxylation sites is 1. The van der Waals surface area contributed by atoms with Crippen LogP contribution in [-0.2, 0) is 10.0 Å². The number of halogens is 1. The van der Waals surface area contributed by atoms with Gasteiger partial charge in [0.25, 0.3) is 0 Å². The smallest absolute Gasteiger partial charge is 0.231 e. The van der Waals surface area contributed by atoms with Crippen molar-refractivity contribution in [2.45, 2.75) is 18.7 Å². The summed E-state index contributed by atoms with van der Waals surface area (Å²) in [7, 11) is -3.93. The normalized spacial score (nSPS) is 11.6. The van der Waals surface area contributed by atoms with Crippen molar-refractivity contribution < 1.29 is 8.42 Å². The van der Waals surface area contributed by atoms with Gasteiger partial charge in [0, 0.05) is 16.1 Å². The van der Waals surface area contributed by atoms with Crippen molar-refractivity contribution in [2.24, 2.45) is 5.14 Å². The Kier molecular flexibility index (Phi) is 5.24. The molecule has 7 heteroatoms. The van der Waals surface area contributed by atoms with Crippen LogP contribution in [0.15, 0.2) is 77.7 Å². The summed E-state index contributed by atoms with van der Waals surface area (Å²) in [4.78, 5) is 0.0147. The minimum Gasteiger partial charge on any atom is -0.231 e. The van der Waals surface area contributed by atoms with Crippen molar-refractivity contribution in [3.63, 3.8) is 0 Å². The third kappa shape index (κ3) is 3.89. The van der Waals surface area contributed by atoms with Gasteiger partial charge >= 0.3 is 0 Å². The first-order valence-electron chi connectivity index (χ1n) is 9.30. The first-order chi connectivity index (χ1) is 14.2. The molecule has 3 aromatic carbocycles. The minimum atomic E-state index is -3.93. The molecular weight excluding hydrogens is 418 g/mol. The summed E-state index contributed by atoms with van der Waals surface area (Å²) in [5.74, 6) is 0. The van der Waals surface area contributed by atoms with Gasteiger partial charge in [0.1, 0.15) is 4.90 Å². The van der Waals surface area contributed by atoms with Gasteiger partial charge in [-0.3, -0.25) is 0 Å². The third-order valence-electron chi connectivity index (χ3n) is 5.05. The lowest BCUT2D eigenvalue weighted by Crippen LogP contribution is -2.16. The standard InChI is InChI=1S/C23H20ClN3O2S/c1-15-7-8-18(13-16(15)2)22-14-20(17-9-11-19(24)12-10-17)26-27(22)21-5-3-4-6-23(21)30(25,28)29/h3-14H,1-2H3,(H2,25,28,29). The van der Waals surface area contributed by atoms with Crippen LogP contribution in [0.4, 0.5) is 0 Å². The molecule has 1 heterocycles. The van der Waals surface area contributed by atoms with Gasteiger partial charge < -0.3 is 0 Å². The van der Waals surface area contributed by atoms with Gasteiger partial charge in [-0.25, -0.2) is 18.2 Å². The molecule has 4 rings (SSSR count). The largest absolute Gasteiger partial charge is 0.240 e. The zero-order valence-corrected chi connectivity index (χ0v) is 18.1. The number of benzene rings is 3. The van der Waals surface area contributed by atoms with E-state index in [4.69, 9.17) is 21.8 Å². The molecule has 0 atom stereocenters. The number of hydrogen-bond donors (Lipinski definition) is 1. The lowest BCUT2D eigenvalue weighted by molar-refractivity contribution is 0.596. The van der Waals surface area contributed by atoms with E-state index in [2.05, 4.69) is 6.07 Å². The van der Waals surface area contributed by atoms with Crippen molar-refractivity contribution in [2.75, 3.05) is 0 Å². The average Bonchev–Trinajstić information content (AvgIpc) is 3.15. The zero-order valence-electron chi connectivity index (χ0n) is 16.5. The van der Waals surface area contributed by atoms with Crippen molar-refractivity contribution in [1.82, 2.24) is 9.78 Å². The fraction of sp³-hybridized carbons (Fsp3) is 0.0870. The molecule has 0 saturated heterocycles. The van der Waals surface area contributed by atoms with Crippen molar-refractivity contribution in [3.8, 4) is 28.2 Å². The minimum absolute atomic E-state index is 0.0147. The number of aryl methyl sites for hydroxylation is 2. The monoisotopic (exact) mass is 437 g/mol. The van der Waals surface area contributed by atoms with Gasteiger partial charge in [-0.1, -0.05) is 48.0 Å². The van der Waals surface area contributed by atoms with E-state index < -0.39 is 10.0 Å². The number of sulfonamides is 1. The van der Waals surface area contributed by atoms with Crippen LogP contribution in [0, 0.1) is 13.8 Å². The molecule has 0 bridgehead atoms. The van der Waals surface area contributed by atoms with E-state index in [0.29, 0.717) is 16.4 Å². The van der Waals surface area contributed by atoms with E-state index in [1.165, 1.54) is 11.6 Å². The molecule has 30 heavy (non-hydrogen) atoms. The van der Waals surface area contributed by atoms with Crippen LogP contribution in [0.3, 0.4) is 0 Å². The lowest BCUT2D eigenvalue weighted by atomic mass is 10.0. The van der Waals surface area contributed by atoms with Gasteiger partial charge in [-0.05, 0) is 61.4 Å². The molecule has 0 unspecified atom stereocenters. The first-order valence-corrected chi connectivity index (χ1v) is 11.2. The predicted octanol–water partition coefficient (Wildman–Crippen LogP) is 5.12. The molecule has 5 nitrogen and oxygen atoms in total. The van der Waals surface area contributed by atoms with Gasteiger partial charge in [-0.2, -0.15) is 5.10 Å². The fourth-order valence-corrected chi connectivity index (χ4v) is 4.15. The summed E-state index contributed by atoms with van der Waals surface area (Å²) >= 11 is 6.02. The van der Waals surface area contributed by atoms with E-state index in [0.717, 1.165) is 22.4 Å². The second-order valence-corrected chi connectivity index (χ2v) is 9.11. The van der Waals surface area contributed by atoms with Gasteiger partial charge in [0.15, 0.2) is 0 Å². The van der Waals surface area contributed by atoms with E-state index in [9.17, 15) is 8.42 Å². The Morgan fingerprint density at radius 3 is 2.20 bits per heavy atom. The summed E-state index contributed by atoms with van der Waals surface area (Å²) in [5.41, 5.74) is 5.96. The highest BCUT2D eigenvalue weighted by molar-refractivity contribution is 7.89. The molecular formula is C23H20ClN3O2S. The molecule has 0 saturated carbocycles. The molecule has 0 aliphatic rings. The van der Waals surface area contributed by atoms with Gasteiger partial charge in [-0.15, -0.1) is 0 Å². The van der Waals surface area contributed by atoms with E-state index >= 15 is 0 Å². The van der Waals surface area contributed by atoms with E-state index in [-0.39, 0.29) is 4.90 Å². The quantitative estimate of drug-likeness (QED) is 0.481. The third-order valence-corrected chi connectivity index (χ3v) is 6.26. The van der Waals surface area contributed by atoms with Crippen molar-refractivity contribution in [3.05, 3.63) is 88.9 Å². The maximum absolute atomic E-state index is 12.2. The second kappa shape index (κ2) is 7.72. The fourth-order valence-electron chi connectivity index (χ4n) is 3.31. The molecule has 0 amide bonds. The van der Waals surface area contributed by atoms with Crippen LogP contribution < -0.4 is 5.14 Å². The Labute approximate surface area is 180 Å². The molecule has 2 N–H and O–H groups in total. The van der Waals surface area contributed by atoms with Gasteiger partial charge in [0.2, 0.25) is 10.0 Å². The second-order valence-electron chi connectivity index (χ2n) is 7.15. The van der Waals surface area contributed by atoms with E-state index in [1.54, 1.807) is 35.0 Å². The van der Waals surface area contributed by atoms with Crippen LogP contribution in [0.25, 0.3) is 28.2 Å². The Bertz CT molecular complexity index is 1340. The summed E-state index contributed by atoms with van der Waals surface area (Å²) in [5, 5.41) is 10.8. The SMILES string of the molecule is Cc1ccc(-c2cc(-c3ccc(Cl)cc3)nn2-c2ccccc2S(N)(=O)=O)cc1C. The average molecular weight is 438 g/mol. The molecule has 0 fully saturated rings. The van der Waals surface area contributed by atoms with Crippen LogP contribution in [0.1, 0.15) is 11.1 Å². The number of primary sulfonamides is 1. The maximum atomic E-state index is 12.2. The lowest BCUT2D eigenvalue weighted by Gasteiger charge is -2.12. The summed E-state index contributed by atoms with van der Waals surface area (Å²) in [6.07, 6.45) is 0. The van der Waals surface area contributed by atoms with Crippen LogP contribution in [0.5, 0.6) is 0 Å². The zero-order chi connectivity index (χ0) is 21.5. The molecule has 0 spiro atoms. The Balaban J connectivity index is 2.00. The number of hydrogen-bond acceptors (Lipinski definition) is 3. The van der Waals surface area contributed by atoms with Crippen LogP contribution in [-0.4, -0.2) is 18.2 Å². The van der Waals surface area contributed by atoms with Crippen LogP contribution >= 0.6 is 11.6 Å². The van der Waals surface area contributed by atoms with Crippen LogP contribution in [0.2, 0.25) is 5.02 Å². The molecule has 0 aliphatic heterocycles. The summed E-state index contributed by atoms with van der Waals surface area (Å²) in [6.45, 7) is 4.09. The number of nitrogens with two attached hydrogens (primary N) is 1. The molecule has 0 aliphatic carbocycles. The molecule has 0 radical (unpaired) electrons. The Morgan fingerprint density at radius 2 is 1.53 bits per heavy atom.